The zero-order chi connectivity index (χ0) is 6.48. The first-order valence-corrected chi connectivity index (χ1v) is 4.28. The quantitative estimate of drug-likeness (QED) is 0.531. The fraction of sp³-hybridized carbons (Fsp3) is 1.00. The van der Waals surface area contributed by atoms with Crippen LogP contribution in [0.15, 0.2) is 0 Å². The van der Waals surface area contributed by atoms with Crippen molar-refractivity contribution in [2.45, 2.75) is 39.5 Å². The first-order valence-electron chi connectivity index (χ1n) is 4.28. The molecule has 2 saturated carbocycles. The molecule has 0 aromatic heterocycles. The van der Waals surface area contributed by atoms with Crippen molar-refractivity contribution in [2.24, 2.45) is 17.3 Å². The Morgan fingerprint density at radius 2 is 2.22 bits per heavy atom. The van der Waals surface area contributed by atoms with Crippen LogP contribution in [0.25, 0.3) is 0 Å². The van der Waals surface area contributed by atoms with Crippen molar-refractivity contribution in [2.75, 3.05) is 0 Å². The van der Waals surface area contributed by atoms with E-state index in [-0.39, 0.29) is 0 Å². The second kappa shape index (κ2) is 1.53. The smallest absolute Gasteiger partial charge is 0.0263 e. The predicted molar refractivity (Wildman–Crippen MR) is 39.2 cm³/mol. The van der Waals surface area contributed by atoms with E-state index in [2.05, 4.69) is 13.8 Å². The molecule has 0 amide bonds. The highest BCUT2D eigenvalue weighted by Crippen LogP contribution is 2.73. The average Bonchev–Trinajstić information content (AvgIpc) is 2.74. The molecule has 1 unspecified atom stereocenters. The van der Waals surface area contributed by atoms with Gasteiger partial charge in [0.05, 0.1) is 0 Å². The second-order valence-corrected chi connectivity index (χ2v) is 4.06. The maximum Gasteiger partial charge on any atom is -0.0263 e. The number of hydrogen-bond acceptors (Lipinski definition) is 0. The molecule has 2 rings (SSSR count). The van der Waals surface area contributed by atoms with Crippen LogP contribution in [0, 0.1) is 17.3 Å². The Balaban J connectivity index is 1.89. The van der Waals surface area contributed by atoms with Gasteiger partial charge in [0.15, 0.2) is 0 Å². The van der Waals surface area contributed by atoms with E-state index in [0.29, 0.717) is 0 Å². The summed E-state index contributed by atoms with van der Waals surface area (Å²) in [6.07, 6.45) is 6.08. The lowest BCUT2D eigenvalue weighted by molar-refractivity contribution is 0.455. The Hall–Kier alpha value is 0. The third-order valence-corrected chi connectivity index (χ3v) is 3.48. The molecular formula is C9H16. The molecule has 2 fully saturated rings. The normalized spacial score (nSPS) is 38.7. The third kappa shape index (κ3) is 0.720. The lowest BCUT2D eigenvalue weighted by Gasteiger charge is -2.04. The summed E-state index contributed by atoms with van der Waals surface area (Å²) < 4.78 is 0. The Morgan fingerprint density at radius 3 is 2.56 bits per heavy atom. The molecule has 0 aromatic carbocycles. The maximum atomic E-state index is 2.41. The van der Waals surface area contributed by atoms with E-state index in [1.54, 1.807) is 19.3 Å². The Kier molecular flexibility index (Phi) is 0.980. The first-order chi connectivity index (χ1) is 4.28. The van der Waals surface area contributed by atoms with Gasteiger partial charge in [-0.1, -0.05) is 20.3 Å². The molecule has 9 heavy (non-hydrogen) atoms. The summed E-state index contributed by atoms with van der Waals surface area (Å²) >= 11 is 0. The number of hydrogen-bond donors (Lipinski definition) is 0. The second-order valence-electron chi connectivity index (χ2n) is 4.06. The van der Waals surface area contributed by atoms with Gasteiger partial charge in [0.1, 0.15) is 0 Å². The van der Waals surface area contributed by atoms with Gasteiger partial charge in [-0.05, 0) is 36.5 Å². The zero-order valence-electron chi connectivity index (χ0n) is 6.48. The van der Waals surface area contributed by atoms with Crippen LogP contribution in [-0.2, 0) is 0 Å². The summed E-state index contributed by atoms with van der Waals surface area (Å²) in [7, 11) is 0. The zero-order valence-corrected chi connectivity index (χ0v) is 6.48. The molecule has 0 heteroatoms. The highest BCUT2D eigenvalue weighted by Gasteiger charge is 2.63. The van der Waals surface area contributed by atoms with E-state index in [1.165, 1.54) is 6.42 Å². The molecule has 52 valence electrons. The molecule has 0 saturated heterocycles. The fourth-order valence-electron chi connectivity index (χ4n) is 2.20. The summed E-state index contributed by atoms with van der Waals surface area (Å²) in [4.78, 5) is 0. The van der Waals surface area contributed by atoms with Gasteiger partial charge in [-0.2, -0.15) is 0 Å². The monoisotopic (exact) mass is 124 g/mol. The Bertz CT molecular complexity index is 122. The van der Waals surface area contributed by atoms with E-state index < -0.39 is 0 Å². The topological polar surface area (TPSA) is 0 Å². The van der Waals surface area contributed by atoms with E-state index in [1.807, 2.05) is 0 Å². The molecule has 0 nitrogen and oxygen atoms in total. The Labute approximate surface area is 57.6 Å². The van der Waals surface area contributed by atoms with Gasteiger partial charge in [0.2, 0.25) is 0 Å². The van der Waals surface area contributed by atoms with Crippen molar-refractivity contribution in [3.05, 3.63) is 0 Å². The van der Waals surface area contributed by atoms with Crippen LogP contribution < -0.4 is 0 Å². The SMILES string of the molecule is CC[C@@H](C)C1CC12CC2. The van der Waals surface area contributed by atoms with E-state index in [9.17, 15) is 0 Å². The van der Waals surface area contributed by atoms with Crippen molar-refractivity contribution in [3.8, 4) is 0 Å². The third-order valence-electron chi connectivity index (χ3n) is 3.48. The highest BCUT2D eigenvalue weighted by molar-refractivity contribution is 5.13. The minimum Gasteiger partial charge on any atom is -0.0651 e. The molecular weight excluding hydrogens is 108 g/mol. The summed E-state index contributed by atoms with van der Waals surface area (Å²) in [5, 5.41) is 0. The van der Waals surface area contributed by atoms with Gasteiger partial charge in [-0.15, -0.1) is 0 Å². The van der Waals surface area contributed by atoms with E-state index >= 15 is 0 Å². The highest BCUT2D eigenvalue weighted by atomic mass is 14.7. The van der Waals surface area contributed by atoms with Gasteiger partial charge in [-0.3, -0.25) is 0 Å². The van der Waals surface area contributed by atoms with Gasteiger partial charge in [0.25, 0.3) is 0 Å². The standard InChI is InChI=1S/C9H16/c1-3-7(2)8-6-9(8)4-5-9/h7-8H,3-6H2,1-2H3/t7-,8?/m1/s1. The van der Waals surface area contributed by atoms with Gasteiger partial charge >= 0.3 is 0 Å². The van der Waals surface area contributed by atoms with Crippen LogP contribution in [0.3, 0.4) is 0 Å². The fourth-order valence-corrected chi connectivity index (χ4v) is 2.20. The van der Waals surface area contributed by atoms with Crippen molar-refractivity contribution in [1.82, 2.24) is 0 Å². The Morgan fingerprint density at radius 1 is 1.56 bits per heavy atom. The van der Waals surface area contributed by atoms with Crippen molar-refractivity contribution < 1.29 is 0 Å². The minimum atomic E-state index is 0.940. The average molecular weight is 124 g/mol. The molecule has 0 radical (unpaired) electrons. The van der Waals surface area contributed by atoms with Crippen LogP contribution in [-0.4, -0.2) is 0 Å². The van der Waals surface area contributed by atoms with E-state index in [0.717, 1.165) is 17.3 Å². The molecule has 0 aromatic rings. The van der Waals surface area contributed by atoms with Crippen molar-refractivity contribution >= 4 is 0 Å². The molecule has 2 aliphatic rings. The summed E-state index contributed by atoms with van der Waals surface area (Å²) in [5.74, 6) is 2.16. The predicted octanol–water partition coefficient (Wildman–Crippen LogP) is 2.83. The lowest BCUT2D eigenvalue weighted by atomic mass is 10.0. The van der Waals surface area contributed by atoms with Gasteiger partial charge < -0.3 is 0 Å². The molecule has 0 heterocycles. The molecule has 0 aliphatic heterocycles. The molecule has 2 aliphatic carbocycles. The van der Waals surface area contributed by atoms with Gasteiger partial charge in [-0.25, -0.2) is 0 Å². The largest absolute Gasteiger partial charge is 0.0651 e. The van der Waals surface area contributed by atoms with E-state index in [4.69, 9.17) is 0 Å². The van der Waals surface area contributed by atoms with Crippen LogP contribution >= 0.6 is 0 Å². The van der Waals surface area contributed by atoms with Gasteiger partial charge in [0, 0.05) is 0 Å². The summed E-state index contributed by atoms with van der Waals surface area (Å²) in [6.45, 7) is 4.73. The minimum absolute atomic E-state index is 0.940. The van der Waals surface area contributed by atoms with Crippen molar-refractivity contribution in [3.63, 3.8) is 0 Å². The molecule has 2 atom stereocenters. The molecule has 1 spiro atoms. The summed E-state index contributed by atoms with van der Waals surface area (Å²) in [5.41, 5.74) is 0.940. The van der Waals surface area contributed by atoms with Crippen LogP contribution in [0.4, 0.5) is 0 Å². The van der Waals surface area contributed by atoms with Crippen LogP contribution in [0.1, 0.15) is 39.5 Å². The van der Waals surface area contributed by atoms with Crippen molar-refractivity contribution in [1.29, 1.82) is 0 Å². The lowest BCUT2D eigenvalue weighted by Crippen LogP contribution is -1.96. The molecule has 0 bridgehead atoms. The van der Waals surface area contributed by atoms with Crippen LogP contribution in [0.5, 0.6) is 0 Å². The maximum absolute atomic E-state index is 2.41. The first kappa shape index (κ1) is 5.76. The van der Waals surface area contributed by atoms with Crippen LogP contribution in [0.2, 0.25) is 0 Å². The summed E-state index contributed by atoms with van der Waals surface area (Å²) in [6, 6.07) is 0. The molecule has 0 N–H and O–H groups in total. The number of rotatable bonds is 2.